The Morgan fingerprint density at radius 2 is 1.83 bits per heavy atom. The van der Waals surface area contributed by atoms with Gasteiger partial charge in [0.15, 0.2) is 0 Å². The van der Waals surface area contributed by atoms with Crippen LogP contribution in [-0.4, -0.2) is 21.6 Å². The third-order valence-corrected chi connectivity index (χ3v) is 4.16. The summed E-state index contributed by atoms with van der Waals surface area (Å²) in [5.41, 5.74) is 0.891. The van der Waals surface area contributed by atoms with E-state index in [1.807, 2.05) is 24.3 Å². The lowest BCUT2D eigenvalue weighted by Gasteiger charge is -2.08. The predicted molar refractivity (Wildman–Crippen MR) is 90.0 cm³/mol. The van der Waals surface area contributed by atoms with Gasteiger partial charge in [-0.05, 0) is 25.1 Å². The lowest BCUT2D eigenvalue weighted by molar-refractivity contribution is -0.113. The minimum absolute atomic E-state index is 0.0680. The summed E-state index contributed by atoms with van der Waals surface area (Å²) < 4.78 is 26.3. The summed E-state index contributed by atoms with van der Waals surface area (Å²) in [6, 6.07) is 10.4. The smallest absolute Gasteiger partial charge is 0.234 e. The van der Waals surface area contributed by atoms with Gasteiger partial charge in [0.05, 0.1) is 11.3 Å². The Labute approximate surface area is 141 Å². The van der Waals surface area contributed by atoms with E-state index in [-0.39, 0.29) is 17.3 Å². The fourth-order valence-electron chi connectivity index (χ4n) is 2.23. The van der Waals surface area contributed by atoms with E-state index >= 15 is 0 Å². The molecule has 122 valence electrons. The standard InChI is InChI=1S/C17H13F2N3OS/c1-10-20-15-5-3-2-4-14(15)17(21-10)24-9-16(23)22-13-7-11(18)6-12(19)8-13/h2-8H,9H2,1H3,(H,22,23). The number of aryl methyl sites for hydroxylation is 1. The molecule has 0 unspecified atom stereocenters. The summed E-state index contributed by atoms with van der Waals surface area (Å²) in [6.07, 6.45) is 0. The monoisotopic (exact) mass is 345 g/mol. The molecule has 0 saturated carbocycles. The summed E-state index contributed by atoms with van der Waals surface area (Å²) in [5, 5.41) is 4.03. The molecule has 0 radical (unpaired) electrons. The Morgan fingerprint density at radius 3 is 2.58 bits per heavy atom. The van der Waals surface area contributed by atoms with E-state index in [1.165, 1.54) is 11.8 Å². The Kier molecular flexibility index (Phi) is 4.71. The average Bonchev–Trinajstić information content (AvgIpc) is 2.51. The zero-order valence-corrected chi connectivity index (χ0v) is 13.5. The number of anilines is 1. The van der Waals surface area contributed by atoms with Gasteiger partial charge in [-0.15, -0.1) is 0 Å². The molecular formula is C17H13F2N3OS. The molecule has 1 heterocycles. The predicted octanol–water partition coefficient (Wildman–Crippen LogP) is 3.95. The number of para-hydroxylation sites is 1. The van der Waals surface area contributed by atoms with Crippen LogP contribution in [0.2, 0.25) is 0 Å². The van der Waals surface area contributed by atoms with E-state index in [2.05, 4.69) is 15.3 Å². The molecule has 0 saturated heterocycles. The van der Waals surface area contributed by atoms with Crippen molar-refractivity contribution in [2.24, 2.45) is 0 Å². The molecule has 0 aliphatic carbocycles. The number of carbonyl (C=O) groups is 1. The Morgan fingerprint density at radius 1 is 1.12 bits per heavy atom. The first-order chi connectivity index (χ1) is 11.5. The van der Waals surface area contributed by atoms with E-state index in [4.69, 9.17) is 0 Å². The third kappa shape index (κ3) is 3.86. The van der Waals surface area contributed by atoms with Crippen LogP contribution in [0.25, 0.3) is 10.9 Å². The maximum Gasteiger partial charge on any atom is 0.234 e. The van der Waals surface area contributed by atoms with E-state index in [9.17, 15) is 13.6 Å². The molecule has 0 spiro atoms. The maximum atomic E-state index is 13.1. The van der Waals surface area contributed by atoms with Gasteiger partial charge < -0.3 is 5.32 Å². The number of nitrogens with one attached hydrogen (secondary N) is 1. The first kappa shape index (κ1) is 16.3. The van der Waals surface area contributed by atoms with Crippen molar-refractivity contribution in [1.82, 2.24) is 9.97 Å². The van der Waals surface area contributed by atoms with Crippen molar-refractivity contribution in [2.45, 2.75) is 11.9 Å². The summed E-state index contributed by atoms with van der Waals surface area (Å²) in [7, 11) is 0. The Balaban J connectivity index is 1.72. The highest BCUT2D eigenvalue weighted by Gasteiger charge is 2.10. The van der Waals surface area contributed by atoms with E-state index in [0.717, 1.165) is 29.1 Å². The molecular weight excluding hydrogens is 332 g/mol. The molecule has 1 aromatic heterocycles. The van der Waals surface area contributed by atoms with Crippen molar-refractivity contribution < 1.29 is 13.6 Å². The van der Waals surface area contributed by atoms with Crippen LogP contribution in [0.4, 0.5) is 14.5 Å². The van der Waals surface area contributed by atoms with Crippen LogP contribution in [0.15, 0.2) is 47.5 Å². The lowest BCUT2D eigenvalue weighted by Crippen LogP contribution is -2.14. The second kappa shape index (κ2) is 6.92. The molecule has 2 aromatic carbocycles. The molecule has 0 aliphatic heterocycles. The summed E-state index contributed by atoms with van der Waals surface area (Å²) in [4.78, 5) is 20.7. The zero-order chi connectivity index (χ0) is 17.1. The van der Waals surface area contributed by atoms with Crippen molar-refractivity contribution >= 4 is 34.3 Å². The van der Waals surface area contributed by atoms with Crippen molar-refractivity contribution in [3.05, 3.63) is 59.9 Å². The van der Waals surface area contributed by atoms with Crippen LogP contribution in [0.3, 0.4) is 0 Å². The molecule has 0 fully saturated rings. The average molecular weight is 345 g/mol. The number of hydrogen-bond acceptors (Lipinski definition) is 4. The highest BCUT2D eigenvalue weighted by Crippen LogP contribution is 2.25. The molecule has 0 atom stereocenters. The number of carbonyl (C=O) groups excluding carboxylic acids is 1. The van der Waals surface area contributed by atoms with Crippen LogP contribution in [0, 0.1) is 18.6 Å². The van der Waals surface area contributed by atoms with Crippen LogP contribution in [0.5, 0.6) is 0 Å². The zero-order valence-electron chi connectivity index (χ0n) is 12.7. The minimum atomic E-state index is -0.740. The number of fused-ring (bicyclic) bond motifs is 1. The van der Waals surface area contributed by atoms with Gasteiger partial charge in [-0.3, -0.25) is 4.79 Å². The van der Waals surface area contributed by atoms with Gasteiger partial charge in [-0.2, -0.15) is 0 Å². The van der Waals surface area contributed by atoms with E-state index in [1.54, 1.807) is 6.92 Å². The number of aromatic nitrogens is 2. The minimum Gasteiger partial charge on any atom is -0.325 e. The molecule has 1 amide bonds. The van der Waals surface area contributed by atoms with Gasteiger partial charge in [0.2, 0.25) is 5.91 Å². The molecule has 4 nitrogen and oxygen atoms in total. The topological polar surface area (TPSA) is 54.9 Å². The molecule has 7 heteroatoms. The van der Waals surface area contributed by atoms with E-state index in [0.29, 0.717) is 10.9 Å². The van der Waals surface area contributed by atoms with Crippen LogP contribution >= 0.6 is 11.8 Å². The maximum absolute atomic E-state index is 13.1. The second-order valence-corrected chi connectivity index (χ2v) is 6.05. The van der Waals surface area contributed by atoms with Crippen LogP contribution in [-0.2, 0) is 4.79 Å². The van der Waals surface area contributed by atoms with Gasteiger partial charge in [-0.1, -0.05) is 30.0 Å². The molecule has 0 aliphatic rings. The SMILES string of the molecule is Cc1nc(SCC(=O)Nc2cc(F)cc(F)c2)c2ccccc2n1. The molecule has 0 bridgehead atoms. The quantitative estimate of drug-likeness (QED) is 0.575. The van der Waals surface area contributed by atoms with E-state index < -0.39 is 11.6 Å². The number of nitrogens with zero attached hydrogens (tertiary/aromatic N) is 2. The van der Waals surface area contributed by atoms with Gasteiger partial charge in [0.25, 0.3) is 0 Å². The number of rotatable bonds is 4. The fourth-order valence-corrected chi connectivity index (χ4v) is 3.09. The van der Waals surface area contributed by atoms with Crippen LogP contribution in [0.1, 0.15) is 5.82 Å². The summed E-state index contributed by atoms with van der Waals surface area (Å²) >= 11 is 1.25. The number of hydrogen-bond donors (Lipinski definition) is 1. The molecule has 24 heavy (non-hydrogen) atoms. The van der Waals surface area contributed by atoms with Crippen molar-refractivity contribution in [1.29, 1.82) is 0 Å². The first-order valence-corrected chi connectivity index (χ1v) is 8.12. The third-order valence-electron chi connectivity index (χ3n) is 3.17. The van der Waals surface area contributed by atoms with Gasteiger partial charge in [0.1, 0.15) is 22.5 Å². The largest absolute Gasteiger partial charge is 0.325 e. The highest BCUT2D eigenvalue weighted by atomic mass is 32.2. The van der Waals surface area contributed by atoms with Crippen molar-refractivity contribution in [2.75, 3.05) is 11.1 Å². The number of thioether (sulfide) groups is 1. The van der Waals surface area contributed by atoms with Crippen molar-refractivity contribution in [3.8, 4) is 0 Å². The fraction of sp³-hybridized carbons (Fsp3) is 0.118. The summed E-state index contributed by atoms with van der Waals surface area (Å²) in [5.74, 6) is -1.17. The molecule has 1 N–H and O–H groups in total. The Bertz CT molecular complexity index is 897. The second-order valence-electron chi connectivity index (χ2n) is 5.09. The van der Waals surface area contributed by atoms with Crippen molar-refractivity contribution in [3.63, 3.8) is 0 Å². The van der Waals surface area contributed by atoms with Gasteiger partial charge in [-0.25, -0.2) is 18.7 Å². The molecule has 3 aromatic rings. The van der Waals surface area contributed by atoms with Crippen LogP contribution < -0.4 is 5.32 Å². The highest BCUT2D eigenvalue weighted by molar-refractivity contribution is 8.00. The Hall–Kier alpha value is -2.54. The number of halogens is 2. The summed E-state index contributed by atoms with van der Waals surface area (Å²) in [6.45, 7) is 1.78. The van der Waals surface area contributed by atoms with Gasteiger partial charge in [0, 0.05) is 17.1 Å². The molecule has 3 rings (SSSR count). The number of amides is 1. The lowest BCUT2D eigenvalue weighted by atomic mass is 10.2. The normalized spacial score (nSPS) is 10.8. The van der Waals surface area contributed by atoms with Gasteiger partial charge >= 0.3 is 0 Å². The number of benzene rings is 2. The first-order valence-electron chi connectivity index (χ1n) is 7.13.